The van der Waals surface area contributed by atoms with Crippen LogP contribution in [0.25, 0.3) is 87.8 Å². The van der Waals surface area contributed by atoms with Crippen molar-refractivity contribution in [2.75, 3.05) is 0 Å². The second-order valence-corrected chi connectivity index (χ2v) is 10.8. The molecule has 2 heterocycles. The van der Waals surface area contributed by atoms with Crippen LogP contribution in [0.3, 0.4) is 0 Å². The molecule has 0 N–H and O–H groups in total. The molecule has 0 aliphatic rings. The highest BCUT2D eigenvalue weighted by atomic mass is 16.3. The monoisotopic (exact) mass is 536 g/mol. The van der Waals surface area contributed by atoms with E-state index in [1.807, 2.05) is 30.5 Å². The molecule has 9 rings (SSSR count). The Morgan fingerprint density at radius 2 is 0.857 bits per heavy atom. The van der Waals surface area contributed by atoms with E-state index in [4.69, 9.17) is 8.83 Å². The van der Waals surface area contributed by atoms with Crippen LogP contribution in [0.2, 0.25) is 0 Å². The Labute approximate surface area is 242 Å². The van der Waals surface area contributed by atoms with Crippen LogP contribution in [0.1, 0.15) is 0 Å². The fraction of sp³-hybridized carbons (Fsp3) is 0. The Bertz CT molecular complexity index is 2380. The summed E-state index contributed by atoms with van der Waals surface area (Å²) in [5.41, 5.74) is 9.77. The standard InChI is InChI=1S/C40H24O2/c1-2-10-25(11-3-1)26-18-20-27(21-19-26)37-28-12-4-6-14-30(28)38(31-15-7-5-13-29(31)37)33-24-41-35-22-23-36-39(40(33)35)32-16-8-9-17-34(32)42-36/h1-24H. The van der Waals surface area contributed by atoms with E-state index in [9.17, 15) is 0 Å². The van der Waals surface area contributed by atoms with Crippen LogP contribution in [0, 0.1) is 0 Å². The van der Waals surface area contributed by atoms with Gasteiger partial charge in [-0.3, -0.25) is 0 Å². The molecule has 0 atom stereocenters. The van der Waals surface area contributed by atoms with Gasteiger partial charge in [0.05, 0.1) is 6.26 Å². The summed E-state index contributed by atoms with van der Waals surface area (Å²) >= 11 is 0. The molecule has 42 heavy (non-hydrogen) atoms. The lowest BCUT2D eigenvalue weighted by atomic mass is 9.85. The van der Waals surface area contributed by atoms with Crippen LogP contribution in [-0.2, 0) is 0 Å². The summed E-state index contributed by atoms with van der Waals surface area (Å²) in [5, 5.41) is 8.13. The molecule has 2 aromatic heterocycles. The highest BCUT2D eigenvalue weighted by molar-refractivity contribution is 6.28. The largest absolute Gasteiger partial charge is 0.464 e. The van der Waals surface area contributed by atoms with Crippen molar-refractivity contribution in [3.63, 3.8) is 0 Å². The molecule has 0 saturated carbocycles. The van der Waals surface area contributed by atoms with E-state index in [2.05, 4.69) is 115 Å². The number of furan rings is 2. The smallest absolute Gasteiger partial charge is 0.136 e. The Kier molecular flexibility index (Phi) is 4.93. The first-order valence-corrected chi connectivity index (χ1v) is 14.3. The number of hydrogen-bond donors (Lipinski definition) is 0. The molecule has 196 valence electrons. The van der Waals surface area contributed by atoms with Gasteiger partial charge < -0.3 is 8.83 Å². The Hall–Kier alpha value is -5.60. The van der Waals surface area contributed by atoms with Crippen LogP contribution in [-0.4, -0.2) is 0 Å². The molecule has 0 bridgehead atoms. The zero-order valence-corrected chi connectivity index (χ0v) is 22.7. The number of benzene rings is 7. The normalized spacial score (nSPS) is 11.8. The van der Waals surface area contributed by atoms with E-state index in [1.165, 1.54) is 49.4 Å². The second-order valence-electron chi connectivity index (χ2n) is 10.8. The van der Waals surface area contributed by atoms with Gasteiger partial charge in [0.15, 0.2) is 0 Å². The predicted octanol–water partition coefficient (Wildman–Crippen LogP) is 11.6. The number of fused-ring (bicyclic) bond motifs is 7. The first-order chi connectivity index (χ1) is 20.8. The lowest BCUT2D eigenvalue weighted by Gasteiger charge is -2.17. The minimum atomic E-state index is 0.859. The summed E-state index contributed by atoms with van der Waals surface area (Å²) in [7, 11) is 0. The molecule has 0 amide bonds. The van der Waals surface area contributed by atoms with Crippen LogP contribution >= 0.6 is 0 Å². The van der Waals surface area contributed by atoms with Crippen molar-refractivity contribution in [3.8, 4) is 33.4 Å². The topological polar surface area (TPSA) is 26.3 Å². The Balaban J connectivity index is 1.37. The van der Waals surface area contributed by atoms with E-state index in [0.29, 0.717) is 0 Å². The summed E-state index contributed by atoms with van der Waals surface area (Å²) in [5.74, 6) is 0. The molecule has 0 aliphatic carbocycles. The highest BCUT2D eigenvalue weighted by Gasteiger charge is 2.22. The van der Waals surface area contributed by atoms with E-state index in [0.717, 1.165) is 38.5 Å². The average Bonchev–Trinajstić information content (AvgIpc) is 3.65. The molecule has 2 heteroatoms. The van der Waals surface area contributed by atoms with Crippen LogP contribution in [0.15, 0.2) is 155 Å². The summed E-state index contributed by atoms with van der Waals surface area (Å²) in [6.07, 6.45) is 1.93. The van der Waals surface area contributed by atoms with E-state index >= 15 is 0 Å². The van der Waals surface area contributed by atoms with Gasteiger partial charge in [0.1, 0.15) is 16.7 Å². The molecular weight excluding hydrogens is 512 g/mol. The first kappa shape index (κ1) is 23.1. The van der Waals surface area contributed by atoms with Crippen LogP contribution in [0.5, 0.6) is 0 Å². The van der Waals surface area contributed by atoms with Crippen molar-refractivity contribution in [1.82, 2.24) is 0 Å². The van der Waals surface area contributed by atoms with Crippen molar-refractivity contribution < 1.29 is 8.83 Å². The summed E-state index contributed by atoms with van der Waals surface area (Å²) in [6, 6.07) is 49.3. The third-order valence-corrected chi connectivity index (χ3v) is 8.56. The molecule has 0 unspecified atom stereocenters. The summed E-state index contributed by atoms with van der Waals surface area (Å²) < 4.78 is 12.5. The Morgan fingerprint density at radius 1 is 0.333 bits per heavy atom. The van der Waals surface area contributed by atoms with Gasteiger partial charge in [-0.1, -0.05) is 121 Å². The summed E-state index contributed by atoms with van der Waals surface area (Å²) in [6.45, 7) is 0. The number of hydrogen-bond acceptors (Lipinski definition) is 2. The SMILES string of the molecule is c1ccc(-c2ccc(-c3c4ccccc4c(-c4coc5ccc6oc7ccccc7c6c45)c4ccccc34)cc2)cc1. The third-order valence-electron chi connectivity index (χ3n) is 8.56. The lowest BCUT2D eigenvalue weighted by Crippen LogP contribution is -1.90. The van der Waals surface area contributed by atoms with Gasteiger partial charge in [-0.2, -0.15) is 0 Å². The van der Waals surface area contributed by atoms with Crippen molar-refractivity contribution in [2.45, 2.75) is 0 Å². The minimum absolute atomic E-state index is 0.859. The molecule has 0 saturated heterocycles. The van der Waals surface area contributed by atoms with E-state index < -0.39 is 0 Å². The fourth-order valence-electron chi connectivity index (χ4n) is 6.72. The van der Waals surface area contributed by atoms with E-state index in [-0.39, 0.29) is 0 Å². The molecular formula is C40H24O2. The molecule has 0 aliphatic heterocycles. The van der Waals surface area contributed by atoms with Crippen LogP contribution in [0.4, 0.5) is 0 Å². The van der Waals surface area contributed by atoms with Gasteiger partial charge in [0, 0.05) is 27.3 Å². The van der Waals surface area contributed by atoms with E-state index in [1.54, 1.807) is 0 Å². The van der Waals surface area contributed by atoms with Crippen LogP contribution < -0.4 is 0 Å². The maximum absolute atomic E-state index is 6.27. The molecule has 2 nitrogen and oxygen atoms in total. The fourth-order valence-corrected chi connectivity index (χ4v) is 6.72. The molecule has 9 aromatic rings. The maximum atomic E-state index is 6.27. The van der Waals surface area contributed by atoms with Gasteiger partial charge in [0.2, 0.25) is 0 Å². The second kappa shape index (κ2) is 8.95. The van der Waals surface area contributed by atoms with Crippen molar-refractivity contribution in [2.24, 2.45) is 0 Å². The maximum Gasteiger partial charge on any atom is 0.136 e. The molecule has 7 aromatic carbocycles. The third kappa shape index (κ3) is 3.33. The number of para-hydroxylation sites is 1. The highest BCUT2D eigenvalue weighted by Crippen LogP contribution is 2.48. The first-order valence-electron chi connectivity index (χ1n) is 14.3. The Morgan fingerprint density at radius 3 is 1.55 bits per heavy atom. The average molecular weight is 537 g/mol. The zero-order chi connectivity index (χ0) is 27.6. The lowest BCUT2D eigenvalue weighted by molar-refractivity contribution is 0.616. The van der Waals surface area contributed by atoms with Gasteiger partial charge in [0.25, 0.3) is 0 Å². The summed E-state index contributed by atoms with van der Waals surface area (Å²) in [4.78, 5) is 0. The minimum Gasteiger partial charge on any atom is -0.464 e. The van der Waals surface area contributed by atoms with Crippen molar-refractivity contribution in [3.05, 3.63) is 146 Å². The molecule has 0 fully saturated rings. The quantitative estimate of drug-likeness (QED) is 0.210. The predicted molar refractivity (Wildman–Crippen MR) is 175 cm³/mol. The van der Waals surface area contributed by atoms with Crippen molar-refractivity contribution >= 4 is 54.5 Å². The number of rotatable bonds is 3. The van der Waals surface area contributed by atoms with Gasteiger partial charge in [-0.05, 0) is 62.0 Å². The van der Waals surface area contributed by atoms with Gasteiger partial charge in [-0.15, -0.1) is 0 Å². The van der Waals surface area contributed by atoms with Gasteiger partial charge in [-0.25, -0.2) is 0 Å². The zero-order valence-electron chi connectivity index (χ0n) is 22.7. The van der Waals surface area contributed by atoms with Gasteiger partial charge >= 0.3 is 0 Å². The molecule has 0 radical (unpaired) electrons. The molecule has 0 spiro atoms. The van der Waals surface area contributed by atoms with Crippen molar-refractivity contribution in [1.29, 1.82) is 0 Å².